The summed E-state index contributed by atoms with van der Waals surface area (Å²) in [4.78, 5) is 28.8. The minimum absolute atomic E-state index is 0.0287. The number of nitrogens with zero attached hydrogens (tertiary/aromatic N) is 1. The molecule has 2 aromatic carbocycles. The van der Waals surface area contributed by atoms with Gasteiger partial charge in [-0.15, -0.1) is 11.3 Å². The van der Waals surface area contributed by atoms with Gasteiger partial charge in [0.2, 0.25) is 5.76 Å². The predicted octanol–water partition coefficient (Wildman–Crippen LogP) is 4.91. The van der Waals surface area contributed by atoms with Gasteiger partial charge in [0.15, 0.2) is 17.4 Å². The highest BCUT2D eigenvalue weighted by Gasteiger charge is 2.17. The first-order chi connectivity index (χ1) is 14.1. The number of hydrogen-bond donors (Lipinski definition) is 1. The number of thiazole rings is 1. The van der Waals surface area contributed by atoms with Crippen LogP contribution in [0, 0.1) is 0 Å². The van der Waals surface area contributed by atoms with Crippen LogP contribution in [0.4, 0.5) is 5.69 Å². The Hall–Kier alpha value is -3.45. The zero-order valence-corrected chi connectivity index (χ0v) is 16.5. The Bertz CT molecular complexity index is 1150. The second-order valence-corrected chi connectivity index (χ2v) is 7.32. The molecule has 0 aliphatic heterocycles. The van der Waals surface area contributed by atoms with Crippen molar-refractivity contribution in [3.63, 3.8) is 0 Å². The SMILES string of the molecule is CCc1ccccc1NC(=O)COC(=O)c1ccc(-c2nc3ccccc3s2)o1. The molecule has 7 heteroatoms. The van der Waals surface area contributed by atoms with Crippen molar-refractivity contribution in [1.29, 1.82) is 0 Å². The number of nitrogens with one attached hydrogen (secondary N) is 1. The molecule has 4 aromatic rings. The summed E-state index contributed by atoms with van der Waals surface area (Å²) in [6.45, 7) is 1.61. The van der Waals surface area contributed by atoms with E-state index in [-0.39, 0.29) is 5.76 Å². The number of aryl methyl sites for hydroxylation is 1. The van der Waals surface area contributed by atoms with Crippen LogP contribution in [0.1, 0.15) is 23.0 Å². The monoisotopic (exact) mass is 406 g/mol. The van der Waals surface area contributed by atoms with Gasteiger partial charge in [-0.2, -0.15) is 0 Å². The van der Waals surface area contributed by atoms with Crippen LogP contribution in [-0.4, -0.2) is 23.5 Å². The molecule has 0 saturated carbocycles. The van der Waals surface area contributed by atoms with E-state index in [0.717, 1.165) is 22.2 Å². The number of aromatic nitrogens is 1. The van der Waals surface area contributed by atoms with Crippen LogP contribution in [0.2, 0.25) is 0 Å². The van der Waals surface area contributed by atoms with Gasteiger partial charge in [-0.1, -0.05) is 37.3 Å². The van der Waals surface area contributed by atoms with E-state index in [9.17, 15) is 9.59 Å². The van der Waals surface area contributed by atoms with Gasteiger partial charge in [0.1, 0.15) is 0 Å². The molecule has 1 N–H and O–H groups in total. The Morgan fingerprint density at radius 2 is 1.86 bits per heavy atom. The zero-order chi connectivity index (χ0) is 20.2. The van der Waals surface area contributed by atoms with Crippen LogP contribution in [0.15, 0.2) is 65.1 Å². The maximum Gasteiger partial charge on any atom is 0.374 e. The summed E-state index contributed by atoms with van der Waals surface area (Å²) in [5, 5.41) is 3.44. The van der Waals surface area contributed by atoms with E-state index in [4.69, 9.17) is 9.15 Å². The van der Waals surface area contributed by atoms with Crippen LogP contribution >= 0.6 is 11.3 Å². The minimum atomic E-state index is -0.698. The average Bonchev–Trinajstić information content (AvgIpc) is 3.39. The normalized spacial score (nSPS) is 10.8. The number of rotatable bonds is 6. The van der Waals surface area contributed by atoms with Crippen molar-refractivity contribution < 1.29 is 18.7 Å². The van der Waals surface area contributed by atoms with Crippen molar-refractivity contribution in [1.82, 2.24) is 4.98 Å². The number of carbonyl (C=O) groups excluding carboxylic acids is 2. The van der Waals surface area contributed by atoms with Crippen molar-refractivity contribution >= 4 is 39.1 Å². The smallest absolute Gasteiger partial charge is 0.374 e. The number of para-hydroxylation sites is 2. The number of esters is 1. The molecule has 6 nitrogen and oxygen atoms in total. The summed E-state index contributed by atoms with van der Waals surface area (Å²) >= 11 is 1.48. The maximum atomic E-state index is 12.2. The van der Waals surface area contributed by atoms with E-state index in [1.165, 1.54) is 17.4 Å². The van der Waals surface area contributed by atoms with Crippen LogP contribution in [-0.2, 0) is 16.0 Å². The molecule has 0 aliphatic rings. The Balaban J connectivity index is 1.38. The third-order valence-electron chi connectivity index (χ3n) is 4.32. The highest BCUT2D eigenvalue weighted by Crippen LogP contribution is 2.31. The molecule has 29 heavy (non-hydrogen) atoms. The fraction of sp³-hybridized carbons (Fsp3) is 0.136. The number of fused-ring (bicyclic) bond motifs is 1. The molecule has 0 saturated heterocycles. The molecular formula is C22H18N2O4S. The molecule has 4 rings (SSSR count). The van der Waals surface area contributed by atoms with Gasteiger partial charge >= 0.3 is 5.97 Å². The van der Waals surface area contributed by atoms with E-state index in [2.05, 4.69) is 10.3 Å². The third-order valence-corrected chi connectivity index (χ3v) is 5.37. The fourth-order valence-electron chi connectivity index (χ4n) is 2.88. The van der Waals surface area contributed by atoms with E-state index in [1.807, 2.05) is 55.5 Å². The number of amides is 1. The van der Waals surface area contributed by atoms with E-state index < -0.39 is 18.5 Å². The number of carbonyl (C=O) groups is 2. The van der Waals surface area contributed by atoms with E-state index >= 15 is 0 Å². The van der Waals surface area contributed by atoms with Gasteiger partial charge in [0, 0.05) is 5.69 Å². The number of benzene rings is 2. The summed E-state index contributed by atoms with van der Waals surface area (Å²) in [6.07, 6.45) is 0.789. The second-order valence-electron chi connectivity index (χ2n) is 6.29. The molecule has 2 aromatic heterocycles. The molecule has 0 spiro atoms. The van der Waals surface area contributed by atoms with E-state index in [1.54, 1.807) is 6.07 Å². The molecule has 0 radical (unpaired) electrons. The van der Waals surface area contributed by atoms with Gasteiger partial charge in [0.25, 0.3) is 5.91 Å². The Morgan fingerprint density at radius 3 is 2.69 bits per heavy atom. The molecular weight excluding hydrogens is 388 g/mol. The lowest BCUT2D eigenvalue weighted by Gasteiger charge is -2.09. The molecule has 0 atom stereocenters. The predicted molar refractivity (Wildman–Crippen MR) is 112 cm³/mol. The summed E-state index contributed by atoms with van der Waals surface area (Å²) in [5.41, 5.74) is 2.60. The minimum Gasteiger partial charge on any atom is -0.450 e. The lowest BCUT2D eigenvalue weighted by atomic mass is 10.1. The Kier molecular flexibility index (Phi) is 5.39. The number of ether oxygens (including phenoxy) is 1. The molecule has 146 valence electrons. The molecule has 1 amide bonds. The Labute approximate surface area is 171 Å². The highest BCUT2D eigenvalue weighted by molar-refractivity contribution is 7.21. The standard InChI is InChI=1S/C22H18N2O4S/c1-2-14-7-3-4-8-15(14)23-20(25)13-27-22(26)18-12-11-17(28-18)21-24-16-9-5-6-10-19(16)29-21/h3-12H,2,13H2,1H3,(H,23,25). The van der Waals surface area contributed by atoms with Gasteiger partial charge in [-0.25, -0.2) is 9.78 Å². The molecule has 0 fully saturated rings. The molecule has 0 aliphatic carbocycles. The first kappa shape index (κ1) is 18.9. The topological polar surface area (TPSA) is 81.4 Å². The van der Waals surface area contributed by atoms with Gasteiger partial charge in [-0.3, -0.25) is 4.79 Å². The van der Waals surface area contributed by atoms with Crippen molar-refractivity contribution in [2.24, 2.45) is 0 Å². The van der Waals surface area contributed by atoms with E-state index in [0.29, 0.717) is 16.5 Å². The average molecular weight is 406 g/mol. The fourth-order valence-corrected chi connectivity index (χ4v) is 3.81. The van der Waals surface area contributed by atoms with Gasteiger partial charge in [-0.05, 0) is 42.3 Å². The summed E-state index contributed by atoms with van der Waals surface area (Å²) < 4.78 is 11.7. The van der Waals surface area contributed by atoms with Crippen LogP contribution in [0.5, 0.6) is 0 Å². The largest absolute Gasteiger partial charge is 0.450 e. The number of hydrogen-bond acceptors (Lipinski definition) is 6. The Morgan fingerprint density at radius 1 is 1.07 bits per heavy atom. The van der Waals surface area contributed by atoms with Crippen molar-refractivity contribution in [2.75, 3.05) is 11.9 Å². The zero-order valence-electron chi connectivity index (χ0n) is 15.7. The van der Waals surface area contributed by atoms with Crippen molar-refractivity contribution in [2.45, 2.75) is 13.3 Å². The summed E-state index contributed by atoms with van der Waals surface area (Å²) in [6, 6.07) is 18.5. The van der Waals surface area contributed by atoms with Crippen LogP contribution in [0.3, 0.4) is 0 Å². The quantitative estimate of drug-likeness (QED) is 0.460. The van der Waals surface area contributed by atoms with Gasteiger partial charge < -0.3 is 14.5 Å². The lowest BCUT2D eigenvalue weighted by molar-refractivity contribution is -0.119. The number of anilines is 1. The summed E-state index contributed by atoms with van der Waals surface area (Å²) in [7, 11) is 0. The molecule has 2 heterocycles. The van der Waals surface area contributed by atoms with Crippen molar-refractivity contribution in [3.05, 3.63) is 72.0 Å². The summed E-state index contributed by atoms with van der Waals surface area (Å²) in [5.74, 6) is -0.589. The first-order valence-corrected chi connectivity index (χ1v) is 9.96. The van der Waals surface area contributed by atoms with Crippen LogP contribution < -0.4 is 5.32 Å². The first-order valence-electron chi connectivity index (χ1n) is 9.14. The van der Waals surface area contributed by atoms with Crippen molar-refractivity contribution in [3.8, 4) is 10.8 Å². The molecule has 0 bridgehead atoms. The highest BCUT2D eigenvalue weighted by atomic mass is 32.1. The molecule has 0 unspecified atom stereocenters. The number of furan rings is 1. The van der Waals surface area contributed by atoms with Crippen LogP contribution in [0.25, 0.3) is 21.0 Å². The van der Waals surface area contributed by atoms with Gasteiger partial charge in [0.05, 0.1) is 10.2 Å². The maximum absolute atomic E-state index is 12.2. The third kappa shape index (κ3) is 4.20. The second kappa shape index (κ2) is 8.28. The lowest BCUT2D eigenvalue weighted by Crippen LogP contribution is -2.21.